The van der Waals surface area contributed by atoms with Gasteiger partial charge in [0, 0.05) is 6.54 Å². The number of nitrogens with zero attached hydrogens (tertiary/aromatic N) is 1. The third-order valence-electron chi connectivity index (χ3n) is 3.76. The van der Waals surface area contributed by atoms with Crippen molar-refractivity contribution in [2.45, 2.75) is 32.4 Å². The second-order valence-corrected chi connectivity index (χ2v) is 5.65. The number of piperazine rings is 1. The summed E-state index contributed by atoms with van der Waals surface area (Å²) in [6.07, 6.45) is 2.46. The van der Waals surface area contributed by atoms with Gasteiger partial charge in [0.05, 0.1) is 0 Å². The van der Waals surface area contributed by atoms with Crippen LogP contribution in [-0.2, 0) is 9.59 Å². The van der Waals surface area contributed by atoms with Crippen molar-refractivity contribution in [2.24, 2.45) is 5.92 Å². The van der Waals surface area contributed by atoms with Crippen LogP contribution < -0.4 is 5.32 Å². The van der Waals surface area contributed by atoms with Gasteiger partial charge in [0.25, 0.3) is 5.91 Å². The van der Waals surface area contributed by atoms with E-state index in [9.17, 15) is 9.59 Å². The van der Waals surface area contributed by atoms with Crippen LogP contribution in [0.5, 0.6) is 0 Å². The van der Waals surface area contributed by atoms with Crippen molar-refractivity contribution in [3.05, 3.63) is 48.6 Å². The fraction of sp³-hybridized carbons (Fsp3) is 0.412. The molecular weight excluding hydrogens is 264 g/mol. The molecule has 1 heterocycles. The molecule has 2 rings (SSSR count). The first-order valence-electron chi connectivity index (χ1n) is 7.33. The van der Waals surface area contributed by atoms with Gasteiger partial charge in [0.2, 0.25) is 5.91 Å². The van der Waals surface area contributed by atoms with Crippen LogP contribution in [0.4, 0.5) is 0 Å². The zero-order valence-corrected chi connectivity index (χ0v) is 12.6. The van der Waals surface area contributed by atoms with E-state index in [-0.39, 0.29) is 17.7 Å². The predicted molar refractivity (Wildman–Crippen MR) is 82.5 cm³/mol. The van der Waals surface area contributed by atoms with Crippen molar-refractivity contribution in [3.8, 4) is 0 Å². The molecule has 112 valence electrons. The zero-order valence-electron chi connectivity index (χ0n) is 12.6. The van der Waals surface area contributed by atoms with Crippen LogP contribution in [0.3, 0.4) is 0 Å². The smallest absolute Gasteiger partial charge is 0.250 e. The molecule has 21 heavy (non-hydrogen) atoms. The van der Waals surface area contributed by atoms with Crippen LogP contribution in [0.15, 0.2) is 43.0 Å². The molecule has 1 saturated heterocycles. The summed E-state index contributed by atoms with van der Waals surface area (Å²) >= 11 is 0. The van der Waals surface area contributed by atoms with Gasteiger partial charge in [0.15, 0.2) is 0 Å². The molecule has 1 N–H and O–H groups in total. The van der Waals surface area contributed by atoms with Gasteiger partial charge in [-0.05, 0) is 17.9 Å². The highest BCUT2D eigenvalue weighted by Gasteiger charge is 2.41. The molecule has 0 radical (unpaired) electrons. The molecule has 1 aromatic rings. The minimum atomic E-state index is -0.585. The van der Waals surface area contributed by atoms with Gasteiger partial charge >= 0.3 is 0 Å². The van der Waals surface area contributed by atoms with Crippen molar-refractivity contribution < 1.29 is 9.59 Å². The molecule has 0 bridgehead atoms. The van der Waals surface area contributed by atoms with E-state index in [1.165, 1.54) is 0 Å². The second-order valence-electron chi connectivity index (χ2n) is 5.65. The van der Waals surface area contributed by atoms with Crippen LogP contribution in [0.25, 0.3) is 0 Å². The fourth-order valence-electron chi connectivity index (χ4n) is 2.75. The van der Waals surface area contributed by atoms with E-state index in [2.05, 4.69) is 11.9 Å². The molecule has 1 aliphatic rings. The molecule has 4 heteroatoms. The summed E-state index contributed by atoms with van der Waals surface area (Å²) in [7, 11) is 0. The topological polar surface area (TPSA) is 49.4 Å². The van der Waals surface area contributed by atoms with Gasteiger partial charge < -0.3 is 10.2 Å². The highest BCUT2D eigenvalue weighted by Crippen LogP contribution is 2.25. The van der Waals surface area contributed by atoms with Crippen molar-refractivity contribution in [3.63, 3.8) is 0 Å². The Kier molecular flexibility index (Phi) is 4.78. The van der Waals surface area contributed by atoms with Gasteiger partial charge in [0.1, 0.15) is 12.1 Å². The van der Waals surface area contributed by atoms with Crippen LogP contribution in [0.2, 0.25) is 0 Å². The van der Waals surface area contributed by atoms with Gasteiger partial charge in [-0.25, -0.2) is 0 Å². The van der Waals surface area contributed by atoms with Crippen molar-refractivity contribution in [1.29, 1.82) is 0 Å². The standard InChI is InChI=1S/C17H22N2O2/c1-4-5-11-19-15(12(2)3)16(20)18-14(17(19)21)13-9-7-6-8-10-13/h4,6-10,12,14-15H,1,5,11H2,2-3H3,(H,18,20). The van der Waals surface area contributed by atoms with E-state index in [0.29, 0.717) is 13.0 Å². The van der Waals surface area contributed by atoms with E-state index in [1.807, 2.05) is 44.2 Å². The Bertz CT molecular complexity index is 525. The monoisotopic (exact) mass is 286 g/mol. The van der Waals surface area contributed by atoms with Gasteiger partial charge in [-0.3, -0.25) is 9.59 Å². The number of amides is 2. The summed E-state index contributed by atoms with van der Waals surface area (Å²) < 4.78 is 0. The molecule has 1 aromatic carbocycles. The normalized spacial score (nSPS) is 22.3. The second kappa shape index (κ2) is 6.57. The average molecular weight is 286 g/mol. The average Bonchev–Trinajstić information content (AvgIpc) is 2.48. The molecule has 2 atom stereocenters. The third kappa shape index (κ3) is 3.15. The Morgan fingerprint density at radius 3 is 2.52 bits per heavy atom. The van der Waals surface area contributed by atoms with Gasteiger partial charge in [-0.15, -0.1) is 6.58 Å². The predicted octanol–water partition coefficient (Wildman–Crippen LogP) is 2.29. The minimum absolute atomic E-state index is 0.0404. The van der Waals surface area contributed by atoms with Crippen molar-refractivity contribution in [2.75, 3.05) is 6.54 Å². The maximum Gasteiger partial charge on any atom is 0.250 e. The Morgan fingerprint density at radius 1 is 1.29 bits per heavy atom. The van der Waals surface area contributed by atoms with Gasteiger partial charge in [-0.2, -0.15) is 0 Å². The highest BCUT2D eigenvalue weighted by molar-refractivity contribution is 5.97. The summed E-state index contributed by atoms with van der Waals surface area (Å²) in [6.45, 7) is 8.15. The maximum atomic E-state index is 12.8. The lowest BCUT2D eigenvalue weighted by molar-refractivity contribution is -0.151. The molecule has 1 aliphatic heterocycles. The quantitative estimate of drug-likeness (QED) is 0.844. The first-order valence-corrected chi connectivity index (χ1v) is 7.33. The molecule has 0 aromatic heterocycles. The Hall–Kier alpha value is -2.10. The highest BCUT2D eigenvalue weighted by atomic mass is 16.2. The maximum absolute atomic E-state index is 12.8. The number of carbonyl (C=O) groups excluding carboxylic acids is 2. The third-order valence-corrected chi connectivity index (χ3v) is 3.76. The summed E-state index contributed by atoms with van der Waals surface area (Å²) in [5.74, 6) is -0.0423. The molecule has 2 unspecified atom stereocenters. The summed E-state index contributed by atoms with van der Waals surface area (Å²) in [6, 6.07) is 8.38. The van der Waals surface area contributed by atoms with Crippen LogP contribution >= 0.6 is 0 Å². The summed E-state index contributed by atoms with van der Waals surface area (Å²) in [5, 5.41) is 2.86. The van der Waals surface area contributed by atoms with Crippen molar-refractivity contribution >= 4 is 11.8 Å². The molecule has 4 nitrogen and oxygen atoms in total. The first kappa shape index (κ1) is 15.3. The molecule has 0 aliphatic carbocycles. The Balaban J connectivity index is 2.30. The zero-order chi connectivity index (χ0) is 15.4. The van der Waals surface area contributed by atoms with E-state index in [0.717, 1.165) is 5.56 Å². The van der Waals surface area contributed by atoms with Gasteiger partial charge in [-0.1, -0.05) is 50.3 Å². The first-order chi connectivity index (χ1) is 10.1. The summed E-state index contributed by atoms with van der Waals surface area (Å²) in [4.78, 5) is 26.9. The molecule has 0 saturated carbocycles. The Labute approximate surface area is 125 Å². The van der Waals surface area contributed by atoms with Crippen LogP contribution in [0.1, 0.15) is 31.9 Å². The number of hydrogen-bond donors (Lipinski definition) is 1. The summed E-state index contributed by atoms with van der Waals surface area (Å²) in [5.41, 5.74) is 0.821. The lowest BCUT2D eigenvalue weighted by Crippen LogP contribution is -2.61. The van der Waals surface area contributed by atoms with Crippen molar-refractivity contribution in [1.82, 2.24) is 10.2 Å². The number of nitrogens with one attached hydrogen (secondary N) is 1. The van der Waals surface area contributed by atoms with E-state index < -0.39 is 12.1 Å². The lowest BCUT2D eigenvalue weighted by atomic mass is 9.94. The molecule has 1 fully saturated rings. The van der Waals surface area contributed by atoms with Crippen LogP contribution in [-0.4, -0.2) is 29.3 Å². The lowest BCUT2D eigenvalue weighted by Gasteiger charge is -2.40. The van der Waals surface area contributed by atoms with E-state index >= 15 is 0 Å². The number of carbonyl (C=O) groups is 2. The van der Waals surface area contributed by atoms with Crippen LogP contribution in [0, 0.1) is 5.92 Å². The number of rotatable bonds is 5. The SMILES string of the molecule is C=CCCN1C(=O)C(c2ccccc2)NC(=O)C1C(C)C. The minimum Gasteiger partial charge on any atom is -0.339 e. The molecule has 0 spiro atoms. The number of benzene rings is 1. The Morgan fingerprint density at radius 2 is 1.95 bits per heavy atom. The van der Waals surface area contributed by atoms with E-state index in [4.69, 9.17) is 0 Å². The van der Waals surface area contributed by atoms with E-state index in [1.54, 1.807) is 11.0 Å². The number of hydrogen-bond acceptors (Lipinski definition) is 2. The fourth-order valence-corrected chi connectivity index (χ4v) is 2.75. The largest absolute Gasteiger partial charge is 0.339 e. The molecule has 2 amide bonds. The molecular formula is C17H22N2O2.